The van der Waals surface area contributed by atoms with Crippen molar-refractivity contribution in [2.75, 3.05) is 0 Å². The highest BCUT2D eigenvalue weighted by Gasteiger charge is 2.19. The van der Waals surface area contributed by atoms with Gasteiger partial charge in [-0.1, -0.05) is 49.4 Å². The van der Waals surface area contributed by atoms with Gasteiger partial charge >= 0.3 is 11.7 Å². The highest BCUT2D eigenvalue weighted by atomic mass is 16.4. The number of fused-ring (bicyclic) bond motifs is 1. The van der Waals surface area contributed by atoms with Crippen molar-refractivity contribution in [2.45, 2.75) is 26.4 Å². The molecule has 0 aliphatic carbocycles. The van der Waals surface area contributed by atoms with E-state index in [1.165, 1.54) is 16.7 Å². The van der Waals surface area contributed by atoms with Gasteiger partial charge in [-0.3, -0.25) is 14.3 Å². The Hall–Kier alpha value is -3.94. The highest BCUT2D eigenvalue weighted by molar-refractivity contribution is 5.88. The van der Waals surface area contributed by atoms with Crippen LogP contribution in [0.3, 0.4) is 0 Å². The number of H-pyrrole nitrogens is 1. The molecule has 0 fully saturated rings. The number of carboxylic acids is 1. The maximum Gasteiger partial charge on any atom is 0.335 e. The van der Waals surface area contributed by atoms with Gasteiger partial charge in [0.15, 0.2) is 11.2 Å². The molecule has 2 heterocycles. The SMILES string of the molecule is CCCn1c(-c2ccc(C(=O)O)cc2)nc2c1c(=O)[nH]c(=O)n2Cc1ccccc1. The van der Waals surface area contributed by atoms with Gasteiger partial charge in [0.2, 0.25) is 0 Å². The fraction of sp³-hybridized carbons (Fsp3) is 0.182. The first-order valence-corrected chi connectivity index (χ1v) is 9.60. The van der Waals surface area contributed by atoms with Gasteiger partial charge in [0.05, 0.1) is 12.1 Å². The van der Waals surface area contributed by atoms with Crippen LogP contribution >= 0.6 is 0 Å². The molecule has 30 heavy (non-hydrogen) atoms. The number of carbonyl (C=O) groups is 1. The smallest absolute Gasteiger partial charge is 0.335 e. The van der Waals surface area contributed by atoms with Crippen LogP contribution in [0.2, 0.25) is 0 Å². The number of carboxylic acid groups (broad SMARTS) is 1. The van der Waals surface area contributed by atoms with Gasteiger partial charge in [-0.2, -0.15) is 0 Å². The van der Waals surface area contributed by atoms with E-state index >= 15 is 0 Å². The van der Waals surface area contributed by atoms with Crippen LogP contribution in [0.4, 0.5) is 0 Å². The maximum atomic E-state index is 12.7. The lowest BCUT2D eigenvalue weighted by atomic mass is 10.1. The third-order valence-corrected chi connectivity index (χ3v) is 4.91. The van der Waals surface area contributed by atoms with Crippen molar-refractivity contribution in [1.82, 2.24) is 19.1 Å². The minimum atomic E-state index is -1.02. The van der Waals surface area contributed by atoms with Gasteiger partial charge in [0, 0.05) is 12.1 Å². The second kappa shape index (κ2) is 7.82. The molecule has 0 atom stereocenters. The Kier molecular flexibility index (Phi) is 5.05. The molecule has 2 N–H and O–H groups in total. The van der Waals surface area contributed by atoms with Crippen molar-refractivity contribution in [3.63, 3.8) is 0 Å². The van der Waals surface area contributed by atoms with Crippen molar-refractivity contribution in [1.29, 1.82) is 0 Å². The molecule has 0 spiro atoms. The number of imidazole rings is 1. The highest BCUT2D eigenvalue weighted by Crippen LogP contribution is 2.24. The zero-order chi connectivity index (χ0) is 21.3. The van der Waals surface area contributed by atoms with Crippen molar-refractivity contribution in [3.05, 3.63) is 86.6 Å². The van der Waals surface area contributed by atoms with Crippen LogP contribution in [0.25, 0.3) is 22.6 Å². The molecule has 0 saturated heterocycles. The van der Waals surface area contributed by atoms with E-state index in [2.05, 4.69) is 9.97 Å². The molecule has 0 saturated carbocycles. The number of hydrogen-bond donors (Lipinski definition) is 2. The molecule has 0 bridgehead atoms. The zero-order valence-corrected chi connectivity index (χ0v) is 16.3. The molecule has 8 heteroatoms. The fourth-order valence-electron chi connectivity index (χ4n) is 3.51. The van der Waals surface area contributed by atoms with Crippen molar-refractivity contribution in [3.8, 4) is 11.4 Å². The summed E-state index contributed by atoms with van der Waals surface area (Å²) in [5, 5.41) is 9.14. The van der Waals surface area contributed by atoms with Gasteiger partial charge in [-0.05, 0) is 24.1 Å². The average Bonchev–Trinajstić information content (AvgIpc) is 3.12. The van der Waals surface area contributed by atoms with E-state index in [-0.39, 0.29) is 12.1 Å². The van der Waals surface area contributed by atoms with Crippen LogP contribution in [0.15, 0.2) is 64.2 Å². The second-order valence-corrected chi connectivity index (χ2v) is 6.97. The summed E-state index contributed by atoms with van der Waals surface area (Å²) in [5.74, 6) is -0.501. The lowest BCUT2D eigenvalue weighted by Gasteiger charge is -2.08. The van der Waals surface area contributed by atoms with Crippen LogP contribution in [0.1, 0.15) is 29.3 Å². The molecule has 0 unspecified atom stereocenters. The molecule has 2 aromatic heterocycles. The summed E-state index contributed by atoms with van der Waals surface area (Å²) in [7, 11) is 0. The van der Waals surface area contributed by atoms with Gasteiger partial charge < -0.3 is 9.67 Å². The van der Waals surface area contributed by atoms with Crippen LogP contribution < -0.4 is 11.2 Å². The number of aryl methyl sites for hydroxylation is 1. The lowest BCUT2D eigenvalue weighted by Crippen LogP contribution is -2.31. The third-order valence-electron chi connectivity index (χ3n) is 4.91. The molecule has 2 aromatic carbocycles. The van der Waals surface area contributed by atoms with Crippen molar-refractivity contribution < 1.29 is 9.90 Å². The first-order valence-electron chi connectivity index (χ1n) is 9.60. The molecular weight excluding hydrogens is 384 g/mol. The summed E-state index contributed by atoms with van der Waals surface area (Å²) >= 11 is 0. The predicted octanol–water partition coefficient (Wildman–Crippen LogP) is 2.71. The first-order chi connectivity index (χ1) is 14.5. The molecule has 4 rings (SSSR count). The van der Waals surface area contributed by atoms with E-state index in [0.717, 1.165) is 12.0 Å². The summed E-state index contributed by atoms with van der Waals surface area (Å²) in [6.45, 7) is 2.78. The largest absolute Gasteiger partial charge is 0.478 e. The number of benzene rings is 2. The van der Waals surface area contributed by atoms with Crippen molar-refractivity contribution in [2.24, 2.45) is 0 Å². The first kappa shape index (κ1) is 19.4. The molecule has 0 aliphatic rings. The fourth-order valence-corrected chi connectivity index (χ4v) is 3.51. The summed E-state index contributed by atoms with van der Waals surface area (Å²) in [5.41, 5.74) is 1.35. The number of nitrogens with one attached hydrogen (secondary N) is 1. The van der Waals surface area contributed by atoms with Crippen LogP contribution in [0.5, 0.6) is 0 Å². The molecular formula is C22H20N4O4. The lowest BCUT2D eigenvalue weighted by molar-refractivity contribution is 0.0697. The van der Waals surface area contributed by atoms with Crippen LogP contribution in [-0.2, 0) is 13.1 Å². The Morgan fingerprint density at radius 3 is 2.37 bits per heavy atom. The Morgan fingerprint density at radius 1 is 1.03 bits per heavy atom. The molecule has 4 aromatic rings. The summed E-state index contributed by atoms with van der Waals surface area (Å²) in [4.78, 5) is 43.5. The Labute approximate surface area is 171 Å². The normalized spacial score (nSPS) is 11.1. The number of nitrogens with zero attached hydrogens (tertiary/aromatic N) is 3. The summed E-state index contributed by atoms with van der Waals surface area (Å²) < 4.78 is 3.23. The van der Waals surface area contributed by atoms with Gasteiger partial charge in [0.1, 0.15) is 5.82 Å². The minimum Gasteiger partial charge on any atom is -0.478 e. The summed E-state index contributed by atoms with van der Waals surface area (Å²) in [6, 6.07) is 15.8. The molecule has 8 nitrogen and oxygen atoms in total. The van der Waals surface area contributed by atoms with Crippen LogP contribution in [0, 0.1) is 0 Å². The Morgan fingerprint density at radius 2 is 1.73 bits per heavy atom. The summed E-state index contributed by atoms with van der Waals surface area (Å²) in [6.07, 6.45) is 0.753. The standard InChI is InChI=1S/C22H20N4O4/c1-2-12-25-17-19(23-18(25)15-8-10-16(11-9-15)21(28)29)26(22(30)24-20(17)27)13-14-6-4-3-5-7-14/h3-11H,2,12-13H2,1H3,(H,28,29)(H,24,27,30). The van der Waals surface area contributed by atoms with Crippen molar-refractivity contribution >= 4 is 17.1 Å². The number of aromatic nitrogens is 4. The maximum absolute atomic E-state index is 12.7. The molecule has 0 aliphatic heterocycles. The van der Waals surface area contributed by atoms with Gasteiger partial charge in [-0.25, -0.2) is 14.6 Å². The second-order valence-electron chi connectivity index (χ2n) is 6.97. The quantitative estimate of drug-likeness (QED) is 0.513. The van der Waals surface area contributed by atoms with Crippen LogP contribution in [-0.4, -0.2) is 30.2 Å². The van der Waals surface area contributed by atoms with E-state index in [1.807, 2.05) is 37.3 Å². The number of aromatic amines is 1. The monoisotopic (exact) mass is 404 g/mol. The van der Waals surface area contributed by atoms with Gasteiger partial charge in [-0.15, -0.1) is 0 Å². The number of aromatic carboxylic acids is 1. The number of rotatable bonds is 6. The predicted molar refractivity (Wildman–Crippen MR) is 113 cm³/mol. The Bertz CT molecular complexity index is 1330. The number of hydrogen-bond acceptors (Lipinski definition) is 4. The zero-order valence-electron chi connectivity index (χ0n) is 16.3. The Balaban J connectivity index is 1.95. The topological polar surface area (TPSA) is 110 Å². The molecule has 0 radical (unpaired) electrons. The molecule has 152 valence electrons. The van der Waals surface area contributed by atoms with Gasteiger partial charge in [0.25, 0.3) is 5.56 Å². The van der Waals surface area contributed by atoms with E-state index in [9.17, 15) is 14.4 Å². The van der Waals surface area contributed by atoms with E-state index in [1.54, 1.807) is 16.7 Å². The molecule has 0 amide bonds. The minimum absolute atomic E-state index is 0.163. The van der Waals surface area contributed by atoms with E-state index in [0.29, 0.717) is 29.1 Å². The van der Waals surface area contributed by atoms with E-state index in [4.69, 9.17) is 5.11 Å². The third kappa shape index (κ3) is 3.43. The van der Waals surface area contributed by atoms with E-state index < -0.39 is 17.2 Å². The average molecular weight is 404 g/mol.